The van der Waals surface area contributed by atoms with Crippen molar-refractivity contribution in [1.29, 1.82) is 0 Å². The van der Waals surface area contributed by atoms with Crippen LogP contribution in [0.4, 0.5) is 5.69 Å². The number of rotatable bonds is 6. The molecule has 0 aliphatic carbocycles. The molecule has 0 spiro atoms. The fraction of sp³-hybridized carbons (Fsp3) is 0.160. The number of anilines is 1. The average Bonchev–Trinajstić information content (AvgIpc) is 2.79. The van der Waals surface area contributed by atoms with Crippen LogP contribution in [0.25, 0.3) is 10.9 Å². The molecule has 6 nitrogen and oxygen atoms in total. The molecule has 0 aliphatic heterocycles. The number of carbonyl (C=O) groups excluding carboxylic acids is 1. The zero-order valence-corrected chi connectivity index (χ0v) is 17.4. The molecule has 2 aromatic heterocycles. The number of pyridine rings is 2. The number of esters is 1. The topological polar surface area (TPSA) is 84.3 Å². The molecule has 2 heterocycles. The highest BCUT2D eigenvalue weighted by Crippen LogP contribution is 2.36. The summed E-state index contributed by atoms with van der Waals surface area (Å²) in [6.07, 6.45) is 3.45. The maximum absolute atomic E-state index is 12.1. The average molecular weight is 413 g/mol. The minimum atomic E-state index is -0.405. The van der Waals surface area contributed by atoms with Crippen molar-refractivity contribution in [3.8, 4) is 5.75 Å². The van der Waals surface area contributed by atoms with Crippen LogP contribution in [0.5, 0.6) is 5.75 Å². The highest BCUT2D eigenvalue weighted by molar-refractivity contribution is 5.90. The second kappa shape index (κ2) is 8.83. The van der Waals surface area contributed by atoms with Gasteiger partial charge in [0.1, 0.15) is 11.3 Å². The van der Waals surface area contributed by atoms with Gasteiger partial charge in [-0.15, -0.1) is 0 Å². The zero-order valence-electron chi connectivity index (χ0n) is 17.4. The molecular weight excluding hydrogens is 390 g/mol. The SMILES string of the molecule is CCOC(=O)c1cccc(NC(c2cccnc2)c2ccc3ccc(C)nc3c2O)c1. The Morgan fingerprint density at radius 2 is 1.97 bits per heavy atom. The van der Waals surface area contributed by atoms with Crippen molar-refractivity contribution in [3.63, 3.8) is 0 Å². The van der Waals surface area contributed by atoms with Crippen molar-refractivity contribution < 1.29 is 14.6 Å². The number of phenolic OH excluding ortho intramolecular Hbond substituents is 1. The van der Waals surface area contributed by atoms with E-state index in [2.05, 4.69) is 15.3 Å². The minimum absolute atomic E-state index is 0.115. The standard InChI is InChI=1S/C25H23N3O3/c1-3-31-25(30)18-6-4-8-20(14-18)28-22(19-7-5-13-26-15-19)21-12-11-17-10-9-16(2)27-23(17)24(21)29/h4-15,22,28-29H,3H2,1-2H3. The molecule has 6 heteroatoms. The molecule has 2 N–H and O–H groups in total. The summed E-state index contributed by atoms with van der Waals surface area (Å²) in [5, 5.41) is 15.4. The van der Waals surface area contributed by atoms with Crippen LogP contribution in [0.1, 0.15) is 40.1 Å². The maximum atomic E-state index is 12.1. The lowest BCUT2D eigenvalue weighted by molar-refractivity contribution is 0.0526. The second-order valence-electron chi connectivity index (χ2n) is 7.19. The summed E-state index contributed by atoms with van der Waals surface area (Å²) in [4.78, 5) is 20.9. The van der Waals surface area contributed by atoms with Crippen LogP contribution in [-0.4, -0.2) is 27.7 Å². The van der Waals surface area contributed by atoms with Gasteiger partial charge in [-0.25, -0.2) is 9.78 Å². The number of aryl methyl sites for hydroxylation is 1. The molecule has 2 aromatic carbocycles. The third-order valence-electron chi connectivity index (χ3n) is 5.02. The number of hydrogen-bond donors (Lipinski definition) is 2. The largest absolute Gasteiger partial charge is 0.505 e. The van der Waals surface area contributed by atoms with Gasteiger partial charge in [0.05, 0.1) is 18.2 Å². The molecule has 0 saturated carbocycles. The molecule has 0 radical (unpaired) electrons. The number of nitrogens with zero attached hydrogens (tertiary/aromatic N) is 2. The van der Waals surface area contributed by atoms with E-state index in [1.54, 1.807) is 37.5 Å². The molecule has 156 valence electrons. The fourth-order valence-corrected chi connectivity index (χ4v) is 3.52. The highest BCUT2D eigenvalue weighted by Gasteiger charge is 2.21. The Kier molecular flexibility index (Phi) is 5.80. The molecule has 4 aromatic rings. The van der Waals surface area contributed by atoms with Crippen molar-refractivity contribution in [2.45, 2.75) is 19.9 Å². The molecule has 0 aliphatic rings. The number of ether oxygens (including phenoxy) is 1. The first-order valence-corrected chi connectivity index (χ1v) is 10.1. The van der Waals surface area contributed by atoms with Gasteiger partial charge >= 0.3 is 5.97 Å². The number of aromatic hydroxyl groups is 1. The number of phenols is 1. The quantitative estimate of drug-likeness (QED) is 0.432. The molecular formula is C25H23N3O3. The Hall–Kier alpha value is -3.93. The van der Waals surface area contributed by atoms with Crippen LogP contribution in [0, 0.1) is 6.92 Å². The maximum Gasteiger partial charge on any atom is 0.338 e. The predicted molar refractivity (Wildman–Crippen MR) is 120 cm³/mol. The van der Waals surface area contributed by atoms with Crippen LogP contribution < -0.4 is 5.32 Å². The minimum Gasteiger partial charge on any atom is -0.505 e. The van der Waals surface area contributed by atoms with Crippen LogP contribution in [0.15, 0.2) is 73.1 Å². The number of benzene rings is 2. The van der Waals surface area contributed by atoms with Crippen LogP contribution in [0.2, 0.25) is 0 Å². The van der Waals surface area contributed by atoms with Gasteiger partial charge in [-0.2, -0.15) is 0 Å². The Balaban J connectivity index is 1.78. The predicted octanol–water partition coefficient (Wildman–Crippen LogP) is 5.02. The van der Waals surface area contributed by atoms with Crippen molar-refractivity contribution in [3.05, 3.63) is 95.4 Å². The molecule has 31 heavy (non-hydrogen) atoms. The zero-order chi connectivity index (χ0) is 21.8. The number of hydrogen-bond acceptors (Lipinski definition) is 6. The molecule has 0 amide bonds. The van der Waals surface area contributed by atoms with Gasteiger partial charge in [-0.05, 0) is 49.7 Å². The summed E-state index contributed by atoms with van der Waals surface area (Å²) >= 11 is 0. The second-order valence-corrected chi connectivity index (χ2v) is 7.19. The lowest BCUT2D eigenvalue weighted by atomic mass is 9.97. The third kappa shape index (κ3) is 4.33. The first kappa shape index (κ1) is 20.3. The van der Waals surface area contributed by atoms with Gasteiger partial charge in [-0.1, -0.05) is 30.3 Å². The first-order chi connectivity index (χ1) is 15.1. The van der Waals surface area contributed by atoms with Crippen molar-refractivity contribution in [2.75, 3.05) is 11.9 Å². The monoisotopic (exact) mass is 413 g/mol. The van der Waals surface area contributed by atoms with E-state index < -0.39 is 6.04 Å². The summed E-state index contributed by atoms with van der Waals surface area (Å²) in [7, 11) is 0. The third-order valence-corrected chi connectivity index (χ3v) is 5.02. The van der Waals surface area contributed by atoms with E-state index in [9.17, 15) is 9.90 Å². The van der Waals surface area contributed by atoms with E-state index in [-0.39, 0.29) is 11.7 Å². The number of nitrogens with one attached hydrogen (secondary N) is 1. The smallest absolute Gasteiger partial charge is 0.338 e. The van der Waals surface area contributed by atoms with Gasteiger partial charge in [0.2, 0.25) is 0 Å². The molecule has 0 fully saturated rings. The van der Waals surface area contributed by atoms with Crippen molar-refractivity contribution in [2.24, 2.45) is 0 Å². The van der Waals surface area contributed by atoms with Crippen LogP contribution >= 0.6 is 0 Å². The van der Waals surface area contributed by atoms with Crippen LogP contribution in [0.3, 0.4) is 0 Å². The fourth-order valence-electron chi connectivity index (χ4n) is 3.52. The summed E-state index contributed by atoms with van der Waals surface area (Å²) in [6, 6.07) is 18.2. The van der Waals surface area contributed by atoms with E-state index in [1.807, 2.05) is 49.4 Å². The lowest BCUT2D eigenvalue weighted by Gasteiger charge is -2.22. The normalized spacial score (nSPS) is 11.8. The summed E-state index contributed by atoms with van der Waals surface area (Å²) < 4.78 is 5.11. The Labute approximate surface area is 180 Å². The van der Waals surface area contributed by atoms with Gasteiger partial charge in [0.15, 0.2) is 0 Å². The molecule has 1 unspecified atom stereocenters. The Morgan fingerprint density at radius 1 is 1.13 bits per heavy atom. The summed E-state index contributed by atoms with van der Waals surface area (Å²) in [6.45, 7) is 3.98. The van der Waals surface area contributed by atoms with Gasteiger partial charge in [0.25, 0.3) is 0 Å². The first-order valence-electron chi connectivity index (χ1n) is 10.1. The van der Waals surface area contributed by atoms with E-state index in [0.29, 0.717) is 23.3 Å². The van der Waals surface area contributed by atoms with E-state index >= 15 is 0 Å². The van der Waals surface area contributed by atoms with Crippen molar-refractivity contribution >= 4 is 22.6 Å². The Morgan fingerprint density at radius 3 is 2.74 bits per heavy atom. The van der Waals surface area contributed by atoms with Gasteiger partial charge < -0.3 is 15.2 Å². The molecule has 0 saturated heterocycles. The number of aromatic nitrogens is 2. The highest BCUT2D eigenvalue weighted by atomic mass is 16.5. The van der Waals surface area contributed by atoms with Gasteiger partial charge in [0, 0.05) is 34.7 Å². The molecule has 0 bridgehead atoms. The number of carbonyl (C=O) groups is 1. The summed E-state index contributed by atoms with van der Waals surface area (Å²) in [5.74, 6) is -0.263. The van der Waals surface area contributed by atoms with Gasteiger partial charge in [-0.3, -0.25) is 4.98 Å². The van der Waals surface area contributed by atoms with Crippen molar-refractivity contribution in [1.82, 2.24) is 9.97 Å². The summed E-state index contributed by atoms with van der Waals surface area (Å²) in [5.41, 5.74) is 4.08. The van der Waals surface area contributed by atoms with Crippen LogP contribution in [-0.2, 0) is 4.74 Å². The van der Waals surface area contributed by atoms with E-state index in [0.717, 1.165) is 22.3 Å². The lowest BCUT2D eigenvalue weighted by Crippen LogP contribution is -2.14. The van der Waals surface area contributed by atoms with E-state index in [1.165, 1.54) is 0 Å². The molecule has 4 rings (SSSR count). The molecule has 1 atom stereocenters. The Bertz CT molecular complexity index is 1230. The van der Waals surface area contributed by atoms with E-state index in [4.69, 9.17) is 4.74 Å². The number of fused-ring (bicyclic) bond motifs is 1.